The van der Waals surface area contributed by atoms with E-state index in [0.29, 0.717) is 116 Å². The molecule has 0 spiro atoms. The van der Waals surface area contributed by atoms with Gasteiger partial charge in [0.05, 0.1) is 23.3 Å². The second-order valence-electron chi connectivity index (χ2n) is 33.9. The number of likely N-dealkylation sites (N-methyl/N-ethyl adjacent to an activating group) is 1. The first-order valence-electron chi connectivity index (χ1n) is 46.1. The Balaban J connectivity index is 0.000000165. The number of ether oxygens (including phenoxy) is 4. The van der Waals surface area contributed by atoms with Crippen molar-refractivity contribution in [2.24, 2.45) is 0 Å². The molecule has 0 radical (unpaired) electrons. The van der Waals surface area contributed by atoms with E-state index in [9.17, 15) is 47.9 Å². The predicted octanol–water partition coefficient (Wildman–Crippen LogP) is 22.6. The summed E-state index contributed by atoms with van der Waals surface area (Å²) >= 11 is 30.0. The van der Waals surface area contributed by atoms with Crippen LogP contribution < -0.4 is 5.32 Å². The quantitative estimate of drug-likeness (QED) is 0.0339. The van der Waals surface area contributed by atoms with Crippen LogP contribution in [0.2, 0.25) is 25.1 Å². The van der Waals surface area contributed by atoms with Gasteiger partial charge in [0.15, 0.2) is 0 Å². The number of hydrogen-bond acceptors (Lipinski definition) is 14. The summed E-state index contributed by atoms with van der Waals surface area (Å²) in [5, 5.41) is 6.07. The van der Waals surface area contributed by atoms with Crippen LogP contribution in [0.25, 0.3) is 0 Å². The lowest BCUT2D eigenvalue weighted by molar-refractivity contribution is -0.143. The van der Waals surface area contributed by atoms with Gasteiger partial charge < -0.3 is 53.7 Å². The number of benzene rings is 10. The Kier molecular flexibility index (Phi) is 40.1. The molecule has 10 aromatic rings. The van der Waals surface area contributed by atoms with Crippen LogP contribution in [0.15, 0.2) is 330 Å². The van der Waals surface area contributed by atoms with Gasteiger partial charge >= 0.3 is 17.9 Å². The number of nitrogens with one attached hydrogen (secondary N) is 1. The minimum Gasteiger partial charge on any atom is -0.457 e. The van der Waals surface area contributed by atoms with Gasteiger partial charge in [-0.2, -0.15) is 0 Å². The van der Waals surface area contributed by atoms with Crippen molar-refractivity contribution in [2.75, 3.05) is 54.0 Å². The minimum absolute atomic E-state index is 0.00721. The van der Waals surface area contributed by atoms with Crippen LogP contribution in [-0.4, -0.2) is 143 Å². The molecule has 718 valence electrons. The zero-order valence-electron chi connectivity index (χ0n) is 79.0. The monoisotopic (exact) mass is 1960 g/mol. The smallest absolute Gasteiger partial charge is 0.336 e. The van der Waals surface area contributed by atoms with E-state index in [1.165, 1.54) is 4.90 Å². The van der Waals surface area contributed by atoms with Crippen LogP contribution in [0.5, 0.6) is 0 Å². The number of allylic oxidation sites excluding steroid dienone is 3. The molecule has 0 saturated heterocycles. The van der Waals surface area contributed by atoms with Crippen molar-refractivity contribution >= 4 is 117 Å². The number of esters is 3. The average molecular weight is 1960 g/mol. The van der Waals surface area contributed by atoms with Gasteiger partial charge in [0.1, 0.15) is 19.8 Å². The van der Waals surface area contributed by atoms with Crippen molar-refractivity contribution in [1.29, 1.82) is 0 Å². The molecule has 138 heavy (non-hydrogen) atoms. The van der Waals surface area contributed by atoms with E-state index in [0.717, 1.165) is 74.9 Å². The number of carbonyl (C=O) groups excluding carboxylic acids is 10. The third kappa shape index (κ3) is 29.3. The molecule has 26 heteroatoms. The molecule has 0 fully saturated rings. The lowest BCUT2D eigenvalue weighted by Gasteiger charge is -2.34. The van der Waals surface area contributed by atoms with E-state index in [-0.39, 0.29) is 141 Å². The number of methoxy groups -OCH3 is 1. The Morgan fingerprint density at radius 1 is 0.370 bits per heavy atom. The first kappa shape index (κ1) is 105. The Bertz CT molecular complexity index is 6010. The second-order valence-corrected chi connectivity index (χ2v) is 36.1. The third-order valence-electron chi connectivity index (χ3n) is 24.4. The van der Waals surface area contributed by atoms with Gasteiger partial charge in [-0.3, -0.25) is 33.6 Å². The standard InChI is InChI=1S/C24H26ClNO3.C23H24ClNO3.C22H23ClN2O3.C22H22ClNO3.C21H21ClN2O2/c1-3-4-14-26-17(2)23(24(28)29-16-18-8-6-5-7-9-18)21(15-22(26)27)19-10-12-20(25)13-11-19;1-3-13-25-16(2)22(23(27)28-15-17-7-5-4-6-8-17)20(14-21(25)26)18-9-11-19(24)12-10-18;1-28-12-11-25-15-20(22(27)24-14-16-5-3-2-4-6-16)19(13-21(25)26)17-7-9-18(23)10-8-17;1-3-24-15(2)21(22(26)27-14-16-7-5-4-6-8-16)19(13-20(24)25)17-9-11-18(23)12-10-17;1-23-14-19(21(26)24(2)13-15-6-4-3-5-7-15)18(12-20(23)25)16-8-10-17(22)11-9-16/h5-13,21H,3-4,14-16H2,1-2H3;4-12,20H,3,13-15H2,1-2H3;2-10,15,19H,11-14H2,1H3,(H,24,27);4-12,19H,3,13-14H2,1-2H3;3-11,14,18H,12-13H2,1-2H3. The topological polar surface area (TPSA) is 239 Å². The van der Waals surface area contributed by atoms with Gasteiger partial charge in [-0.15, -0.1) is 0 Å². The lowest BCUT2D eigenvalue weighted by Crippen LogP contribution is -2.39. The predicted molar refractivity (Wildman–Crippen MR) is 541 cm³/mol. The molecule has 0 aliphatic carbocycles. The summed E-state index contributed by atoms with van der Waals surface area (Å²) in [6, 6.07) is 84.8. The number of carbonyl (C=O) groups is 10. The Morgan fingerprint density at radius 3 is 1.04 bits per heavy atom. The maximum Gasteiger partial charge on any atom is 0.336 e. The lowest BCUT2D eigenvalue weighted by atomic mass is 9.83. The number of nitrogens with zero attached hydrogens (tertiary/aromatic N) is 6. The maximum atomic E-state index is 13.1. The first-order valence-corrected chi connectivity index (χ1v) is 48.0. The van der Waals surface area contributed by atoms with Crippen LogP contribution in [0.4, 0.5) is 0 Å². The van der Waals surface area contributed by atoms with Gasteiger partial charge in [-0.1, -0.05) is 291 Å². The molecule has 5 heterocycles. The molecule has 5 atom stereocenters. The van der Waals surface area contributed by atoms with E-state index < -0.39 is 0 Å². The second kappa shape index (κ2) is 52.5. The Hall–Kier alpha value is -13.0. The number of hydrogen-bond donors (Lipinski definition) is 1. The van der Waals surface area contributed by atoms with Crippen molar-refractivity contribution in [3.63, 3.8) is 0 Å². The number of rotatable bonds is 29. The Morgan fingerprint density at radius 2 is 0.688 bits per heavy atom. The molecule has 0 bridgehead atoms. The summed E-state index contributed by atoms with van der Waals surface area (Å²) in [6.07, 6.45) is 7.24. The normalized spacial score (nSPS) is 17.0. The number of amides is 7. The fraction of sp³-hybridized carbons (Fsp3) is 0.286. The molecule has 5 aliphatic rings. The van der Waals surface area contributed by atoms with Crippen LogP contribution in [-0.2, 0) is 99.8 Å². The van der Waals surface area contributed by atoms with Gasteiger partial charge in [0.2, 0.25) is 35.4 Å². The SMILES string of the molecule is CCCCN1C(=O)CC(c2ccc(Cl)cc2)C(C(=O)OCc2ccccc2)=C1C.CCCN1C(=O)CC(c2ccc(Cl)cc2)C(C(=O)OCc2ccccc2)=C1C.CCN1C(=O)CC(c2ccc(Cl)cc2)C(C(=O)OCc2ccccc2)=C1C.CN1C=C(C(=O)N(C)Cc2ccccc2)C(c2ccc(Cl)cc2)CC1=O.COCCN1C=C(C(=O)NCc2ccccc2)C(c2ccc(Cl)cc2)CC1=O. The van der Waals surface area contributed by atoms with Crippen molar-refractivity contribution in [1.82, 2.24) is 34.7 Å². The molecule has 21 nitrogen and oxygen atoms in total. The first-order chi connectivity index (χ1) is 66.6. The molecule has 0 aromatic heterocycles. The zero-order chi connectivity index (χ0) is 98.9. The van der Waals surface area contributed by atoms with Gasteiger partial charge in [-0.05, 0) is 157 Å². The van der Waals surface area contributed by atoms with Crippen LogP contribution in [0, 0.1) is 0 Å². The van der Waals surface area contributed by atoms with E-state index >= 15 is 0 Å². The van der Waals surface area contributed by atoms with E-state index in [1.54, 1.807) is 119 Å². The maximum absolute atomic E-state index is 13.1. The summed E-state index contributed by atoms with van der Waals surface area (Å²) in [6.45, 7) is 15.6. The fourth-order valence-corrected chi connectivity index (χ4v) is 17.6. The van der Waals surface area contributed by atoms with Crippen LogP contribution in [0.3, 0.4) is 0 Å². The van der Waals surface area contributed by atoms with Crippen LogP contribution in [0.1, 0.15) is 178 Å². The summed E-state index contributed by atoms with van der Waals surface area (Å²) < 4.78 is 21.9. The molecule has 10 aromatic carbocycles. The fourth-order valence-electron chi connectivity index (χ4n) is 17.0. The van der Waals surface area contributed by atoms with Crippen molar-refractivity contribution in [2.45, 2.75) is 155 Å². The molecular formula is C112H116Cl5N7O14. The number of unbranched alkanes of at least 4 members (excludes halogenated alkanes) is 1. The van der Waals surface area contributed by atoms with Crippen molar-refractivity contribution in [3.8, 4) is 0 Å². The highest BCUT2D eigenvalue weighted by Crippen LogP contribution is 2.43. The molecular weight excluding hydrogens is 1840 g/mol. The Labute approximate surface area is 833 Å². The summed E-state index contributed by atoms with van der Waals surface area (Å²) in [4.78, 5) is 138. The molecule has 5 unspecified atom stereocenters. The molecule has 15 rings (SSSR count). The van der Waals surface area contributed by atoms with Crippen molar-refractivity contribution < 1.29 is 66.9 Å². The summed E-state index contributed by atoms with van der Waals surface area (Å²) in [5.41, 5.74) is 14.2. The highest BCUT2D eigenvalue weighted by Gasteiger charge is 2.41. The average Bonchev–Trinajstić information content (AvgIpc) is 0.783. The number of halogens is 5. The summed E-state index contributed by atoms with van der Waals surface area (Å²) in [7, 11) is 5.05. The molecule has 1 N–H and O–H groups in total. The van der Waals surface area contributed by atoms with Crippen molar-refractivity contribution in [3.05, 3.63) is 411 Å². The van der Waals surface area contributed by atoms with E-state index in [1.807, 2.05) is 247 Å². The van der Waals surface area contributed by atoms with Crippen LogP contribution >= 0.6 is 58.0 Å². The highest BCUT2D eigenvalue weighted by molar-refractivity contribution is 6.32. The third-order valence-corrected chi connectivity index (χ3v) is 25.7. The highest BCUT2D eigenvalue weighted by atomic mass is 35.5. The van der Waals surface area contributed by atoms with Gasteiger partial charge in [0, 0.05) is 188 Å². The largest absolute Gasteiger partial charge is 0.457 e. The molecule has 7 amide bonds. The van der Waals surface area contributed by atoms with E-state index in [4.69, 9.17) is 77.0 Å². The zero-order valence-corrected chi connectivity index (χ0v) is 82.8. The van der Waals surface area contributed by atoms with E-state index in [2.05, 4.69) is 12.2 Å². The minimum atomic E-state index is -0.387. The molecule has 0 saturated carbocycles. The molecule has 5 aliphatic heterocycles. The van der Waals surface area contributed by atoms with Gasteiger partial charge in [-0.25, -0.2) is 14.4 Å². The summed E-state index contributed by atoms with van der Waals surface area (Å²) in [5.74, 6) is -2.93. The van der Waals surface area contributed by atoms with Gasteiger partial charge in [0.25, 0.3) is 5.91 Å².